The summed E-state index contributed by atoms with van der Waals surface area (Å²) in [5, 5.41) is 0. The van der Waals surface area contributed by atoms with Gasteiger partial charge in [0.05, 0.1) is 0 Å². The molecule has 0 fully saturated rings. The van der Waals surface area contributed by atoms with Crippen molar-refractivity contribution in [2.75, 3.05) is 0 Å². The van der Waals surface area contributed by atoms with Gasteiger partial charge in [0.2, 0.25) is 0 Å². The minimum Gasteiger partial charge on any atom is -0.0654 e. The third-order valence-corrected chi connectivity index (χ3v) is 5.23. The van der Waals surface area contributed by atoms with Gasteiger partial charge >= 0.3 is 0 Å². The van der Waals surface area contributed by atoms with Crippen molar-refractivity contribution in [3.8, 4) is 0 Å². The molecule has 0 aliphatic carbocycles. The monoisotopic (exact) mass is 254 g/mol. The van der Waals surface area contributed by atoms with Gasteiger partial charge in [0.25, 0.3) is 0 Å². The van der Waals surface area contributed by atoms with Gasteiger partial charge in [-0.1, -0.05) is 80.6 Å². The van der Waals surface area contributed by atoms with Crippen LogP contribution in [0.25, 0.3) is 0 Å². The smallest absolute Gasteiger partial charge is 0.0388 e. The first kappa shape index (κ1) is 18.0. The normalized spacial score (nSPS) is 18.7. The van der Waals surface area contributed by atoms with Crippen LogP contribution in [0.15, 0.2) is 0 Å². The van der Waals surface area contributed by atoms with Crippen LogP contribution in [0.2, 0.25) is 0 Å². The highest BCUT2D eigenvalue weighted by atomic mass is 14.3. The van der Waals surface area contributed by atoms with E-state index in [4.69, 9.17) is 0 Å². The summed E-state index contributed by atoms with van der Waals surface area (Å²) < 4.78 is 0. The van der Waals surface area contributed by atoms with Crippen molar-refractivity contribution in [2.45, 2.75) is 87.0 Å². The topological polar surface area (TPSA) is 0 Å². The summed E-state index contributed by atoms with van der Waals surface area (Å²) >= 11 is 0. The molecule has 0 saturated carbocycles. The molecule has 0 amide bonds. The average Bonchev–Trinajstić information content (AvgIpc) is 2.35. The maximum atomic E-state index is 2.48. The van der Waals surface area contributed by atoms with E-state index in [-0.39, 0.29) is 0 Å². The van der Waals surface area contributed by atoms with Gasteiger partial charge in [0.1, 0.15) is 0 Å². The van der Waals surface area contributed by atoms with Gasteiger partial charge in [-0.25, -0.2) is 0 Å². The van der Waals surface area contributed by atoms with Crippen molar-refractivity contribution in [1.82, 2.24) is 0 Å². The van der Waals surface area contributed by atoms with E-state index in [0.717, 1.165) is 29.6 Å². The lowest BCUT2D eigenvalue weighted by molar-refractivity contribution is 0.199. The molecule has 0 saturated heterocycles. The number of hydrogen-bond acceptors (Lipinski definition) is 0. The maximum absolute atomic E-state index is 2.48. The molecule has 0 heterocycles. The molecule has 0 aromatic carbocycles. The minimum absolute atomic E-state index is 0.855. The van der Waals surface area contributed by atoms with Gasteiger partial charge in [-0.05, 0) is 36.0 Å². The predicted molar refractivity (Wildman–Crippen MR) is 84.9 cm³/mol. The second-order valence-corrected chi connectivity index (χ2v) is 6.96. The molecule has 0 N–H and O–H groups in total. The van der Waals surface area contributed by atoms with Crippen molar-refractivity contribution in [3.63, 3.8) is 0 Å². The van der Waals surface area contributed by atoms with Crippen molar-refractivity contribution in [2.24, 2.45) is 29.6 Å². The first-order chi connectivity index (χ1) is 8.43. The lowest BCUT2D eigenvalue weighted by Gasteiger charge is -2.30. The van der Waals surface area contributed by atoms with Crippen LogP contribution >= 0.6 is 0 Å². The van der Waals surface area contributed by atoms with Crippen LogP contribution in [0.1, 0.15) is 87.0 Å². The van der Waals surface area contributed by atoms with Crippen LogP contribution in [-0.2, 0) is 0 Å². The summed E-state index contributed by atoms with van der Waals surface area (Å²) in [5.74, 6) is 4.44. The van der Waals surface area contributed by atoms with E-state index in [1.165, 1.54) is 38.5 Å². The average molecular weight is 255 g/mol. The quantitative estimate of drug-likeness (QED) is 0.388. The molecule has 0 aromatic rings. The molecule has 0 radical (unpaired) electrons. The van der Waals surface area contributed by atoms with Gasteiger partial charge in [-0.15, -0.1) is 0 Å². The van der Waals surface area contributed by atoms with Crippen LogP contribution in [-0.4, -0.2) is 0 Å². The van der Waals surface area contributed by atoms with Gasteiger partial charge < -0.3 is 0 Å². The van der Waals surface area contributed by atoms with E-state index in [9.17, 15) is 0 Å². The second kappa shape index (κ2) is 9.87. The summed E-state index contributed by atoms with van der Waals surface area (Å²) in [6.07, 6.45) is 8.41. The summed E-state index contributed by atoms with van der Waals surface area (Å²) in [6.45, 7) is 16.8. The third kappa shape index (κ3) is 6.81. The highest BCUT2D eigenvalue weighted by Crippen LogP contribution is 2.32. The Kier molecular flexibility index (Phi) is 9.87. The molecule has 4 unspecified atom stereocenters. The molecule has 110 valence electrons. The lowest BCUT2D eigenvalue weighted by atomic mass is 9.75. The minimum atomic E-state index is 0.855. The second-order valence-electron chi connectivity index (χ2n) is 6.96. The Balaban J connectivity index is 4.21. The first-order valence-corrected chi connectivity index (χ1v) is 8.43. The molecule has 0 bridgehead atoms. The van der Waals surface area contributed by atoms with Crippen molar-refractivity contribution in [1.29, 1.82) is 0 Å². The van der Waals surface area contributed by atoms with Crippen LogP contribution < -0.4 is 0 Å². The van der Waals surface area contributed by atoms with Crippen LogP contribution in [0, 0.1) is 29.6 Å². The van der Waals surface area contributed by atoms with Crippen molar-refractivity contribution >= 4 is 0 Å². The van der Waals surface area contributed by atoms with Gasteiger partial charge in [-0.2, -0.15) is 0 Å². The number of hydrogen-bond donors (Lipinski definition) is 0. The Hall–Kier alpha value is 0. The summed E-state index contributed by atoms with van der Waals surface area (Å²) in [5.41, 5.74) is 0. The summed E-state index contributed by atoms with van der Waals surface area (Å²) in [4.78, 5) is 0. The highest BCUT2D eigenvalue weighted by Gasteiger charge is 2.22. The fourth-order valence-corrected chi connectivity index (χ4v) is 3.00. The lowest BCUT2D eigenvalue weighted by Crippen LogP contribution is -2.21. The zero-order chi connectivity index (χ0) is 14.1. The summed E-state index contributed by atoms with van der Waals surface area (Å²) in [7, 11) is 0. The molecule has 0 heteroatoms. The van der Waals surface area contributed by atoms with E-state index in [0.29, 0.717) is 0 Å². The Morgan fingerprint density at radius 1 is 0.778 bits per heavy atom. The fraction of sp³-hybridized carbons (Fsp3) is 1.00. The molecule has 18 heavy (non-hydrogen) atoms. The van der Waals surface area contributed by atoms with Crippen LogP contribution in [0.3, 0.4) is 0 Å². The van der Waals surface area contributed by atoms with Gasteiger partial charge in [0, 0.05) is 0 Å². The Bertz CT molecular complexity index is 182. The van der Waals surface area contributed by atoms with Crippen LogP contribution in [0.4, 0.5) is 0 Å². The summed E-state index contributed by atoms with van der Waals surface area (Å²) in [6, 6.07) is 0. The number of rotatable bonds is 10. The standard InChI is InChI=1S/C18H38/c1-8-10-11-12-18(14(3)4)13-16(6)17(7)15(5)9-2/h14-18H,8-13H2,1-7H3. The van der Waals surface area contributed by atoms with E-state index < -0.39 is 0 Å². The maximum Gasteiger partial charge on any atom is -0.0388 e. The molecule has 0 aliphatic rings. The van der Waals surface area contributed by atoms with E-state index in [1.807, 2.05) is 0 Å². The zero-order valence-corrected chi connectivity index (χ0v) is 14.1. The molecule has 0 nitrogen and oxygen atoms in total. The molecular formula is C18H38. The van der Waals surface area contributed by atoms with E-state index in [1.54, 1.807) is 0 Å². The highest BCUT2D eigenvalue weighted by molar-refractivity contribution is 4.73. The Morgan fingerprint density at radius 2 is 1.39 bits per heavy atom. The molecule has 0 spiro atoms. The molecule has 4 atom stereocenters. The van der Waals surface area contributed by atoms with Gasteiger partial charge in [0.15, 0.2) is 0 Å². The fourth-order valence-electron chi connectivity index (χ4n) is 3.00. The number of unbranched alkanes of at least 4 members (excludes halogenated alkanes) is 2. The Morgan fingerprint density at radius 3 is 1.83 bits per heavy atom. The molecule has 0 aliphatic heterocycles. The van der Waals surface area contributed by atoms with Crippen molar-refractivity contribution in [3.05, 3.63) is 0 Å². The van der Waals surface area contributed by atoms with Crippen LogP contribution in [0.5, 0.6) is 0 Å². The van der Waals surface area contributed by atoms with E-state index in [2.05, 4.69) is 48.5 Å². The molecule has 0 rings (SSSR count). The van der Waals surface area contributed by atoms with E-state index >= 15 is 0 Å². The zero-order valence-electron chi connectivity index (χ0n) is 14.1. The van der Waals surface area contributed by atoms with Crippen molar-refractivity contribution < 1.29 is 0 Å². The van der Waals surface area contributed by atoms with Gasteiger partial charge in [-0.3, -0.25) is 0 Å². The first-order valence-electron chi connectivity index (χ1n) is 8.43. The Labute approximate surface area is 117 Å². The molecular weight excluding hydrogens is 216 g/mol. The molecule has 0 aromatic heterocycles. The third-order valence-electron chi connectivity index (χ3n) is 5.23. The SMILES string of the molecule is CCCCCC(CC(C)C(C)C(C)CC)C(C)C. The predicted octanol–water partition coefficient (Wildman–Crippen LogP) is 6.55. The largest absolute Gasteiger partial charge is 0.0654 e.